The molecule has 0 bridgehead atoms. The maximum atomic E-state index is 13.2. The van der Waals surface area contributed by atoms with Gasteiger partial charge in [-0.25, -0.2) is 9.78 Å². The number of carboxylic acid groups (broad SMARTS) is 1. The minimum atomic E-state index is -0.938. The van der Waals surface area contributed by atoms with Gasteiger partial charge in [-0.2, -0.15) is 5.10 Å². The van der Waals surface area contributed by atoms with Gasteiger partial charge < -0.3 is 5.11 Å². The molecule has 2 aliphatic rings. The van der Waals surface area contributed by atoms with Crippen LogP contribution in [0.15, 0.2) is 48.5 Å². The maximum Gasteiger partial charge on any atom is 0.336 e. The van der Waals surface area contributed by atoms with E-state index in [2.05, 4.69) is 15.2 Å². The fourth-order valence-electron chi connectivity index (χ4n) is 6.08. The molecule has 2 atom stereocenters. The first-order chi connectivity index (χ1) is 17.1. The van der Waals surface area contributed by atoms with Gasteiger partial charge in [0, 0.05) is 12.3 Å². The number of benzene rings is 2. The van der Waals surface area contributed by atoms with E-state index in [1.807, 2.05) is 36.4 Å². The molecule has 3 aromatic rings. The molecule has 1 aromatic heterocycles. The number of carboxylic acids is 1. The first-order valence-electron chi connectivity index (χ1n) is 13.0. The largest absolute Gasteiger partial charge is 0.478 e. The SMILES string of the molecule is O=C(O)c1ccccc1-c1ccc(Cc2nc(C(=O)C3CCCC(C4CCCCC4)C3)n[nH]2)cc1. The molecule has 5 rings (SSSR count). The molecule has 35 heavy (non-hydrogen) atoms. The monoisotopic (exact) mass is 471 g/mol. The number of Topliss-reactive ketones (excluding diaryl/α,β-unsaturated/α-hetero) is 1. The zero-order valence-corrected chi connectivity index (χ0v) is 20.1. The quantitative estimate of drug-likeness (QED) is 0.393. The summed E-state index contributed by atoms with van der Waals surface area (Å²) in [5, 5.41) is 16.7. The number of ketones is 1. The van der Waals surface area contributed by atoms with Gasteiger partial charge in [0.05, 0.1) is 5.56 Å². The van der Waals surface area contributed by atoms with Crippen LogP contribution in [0.3, 0.4) is 0 Å². The van der Waals surface area contributed by atoms with Crippen LogP contribution in [-0.2, 0) is 6.42 Å². The van der Waals surface area contributed by atoms with E-state index < -0.39 is 5.97 Å². The Hall–Kier alpha value is -3.28. The van der Waals surface area contributed by atoms with E-state index in [-0.39, 0.29) is 17.3 Å². The summed E-state index contributed by atoms with van der Waals surface area (Å²) in [4.78, 5) is 29.3. The third-order valence-electron chi connectivity index (χ3n) is 7.95. The lowest BCUT2D eigenvalue weighted by molar-refractivity contribution is 0.0697. The predicted molar refractivity (Wildman–Crippen MR) is 134 cm³/mol. The number of aromatic nitrogens is 3. The van der Waals surface area contributed by atoms with Gasteiger partial charge in [0.25, 0.3) is 0 Å². The van der Waals surface area contributed by atoms with E-state index in [0.717, 1.165) is 36.3 Å². The standard InChI is InChI=1S/C29H33N3O3/c33-27(23-10-6-9-22(18-23)20-7-2-1-3-8-20)28-30-26(31-32-28)17-19-13-15-21(16-14-19)24-11-4-5-12-25(24)29(34)35/h4-5,11-16,20,22-23H,1-3,6-10,17-18H2,(H,34,35)(H,30,31,32). The summed E-state index contributed by atoms with van der Waals surface area (Å²) in [6, 6.07) is 14.8. The average molecular weight is 472 g/mol. The number of aromatic carboxylic acids is 1. The van der Waals surface area contributed by atoms with Crippen molar-refractivity contribution < 1.29 is 14.7 Å². The number of nitrogens with one attached hydrogen (secondary N) is 1. The zero-order chi connectivity index (χ0) is 24.2. The van der Waals surface area contributed by atoms with Crippen LogP contribution in [0.5, 0.6) is 0 Å². The molecule has 0 amide bonds. The van der Waals surface area contributed by atoms with E-state index >= 15 is 0 Å². The van der Waals surface area contributed by atoms with Crippen molar-refractivity contribution in [2.24, 2.45) is 17.8 Å². The number of H-pyrrole nitrogens is 1. The van der Waals surface area contributed by atoms with Gasteiger partial charge in [-0.05, 0) is 47.4 Å². The molecule has 0 aliphatic heterocycles. The molecule has 2 unspecified atom stereocenters. The van der Waals surface area contributed by atoms with Crippen LogP contribution < -0.4 is 0 Å². The third kappa shape index (κ3) is 5.37. The van der Waals surface area contributed by atoms with Crippen molar-refractivity contribution in [3.05, 3.63) is 71.3 Å². The molecule has 0 saturated heterocycles. The van der Waals surface area contributed by atoms with Crippen LogP contribution in [0.1, 0.15) is 90.2 Å². The van der Waals surface area contributed by atoms with Crippen LogP contribution >= 0.6 is 0 Å². The van der Waals surface area contributed by atoms with Gasteiger partial charge >= 0.3 is 5.97 Å². The first-order valence-corrected chi connectivity index (χ1v) is 13.0. The Morgan fingerprint density at radius 2 is 1.63 bits per heavy atom. The Kier molecular flexibility index (Phi) is 7.07. The lowest BCUT2D eigenvalue weighted by Crippen LogP contribution is -2.29. The second kappa shape index (κ2) is 10.5. The molecular weight excluding hydrogens is 438 g/mol. The van der Waals surface area contributed by atoms with E-state index in [1.165, 1.54) is 38.5 Å². The smallest absolute Gasteiger partial charge is 0.336 e. The van der Waals surface area contributed by atoms with Crippen LogP contribution in [0.4, 0.5) is 0 Å². The van der Waals surface area contributed by atoms with E-state index in [9.17, 15) is 14.7 Å². The van der Waals surface area contributed by atoms with Crippen LogP contribution in [-0.4, -0.2) is 32.0 Å². The van der Waals surface area contributed by atoms with Crippen LogP contribution in [0.25, 0.3) is 11.1 Å². The molecule has 2 fully saturated rings. The van der Waals surface area contributed by atoms with Gasteiger partial charge in [-0.15, -0.1) is 0 Å². The molecule has 2 aliphatic carbocycles. The Balaban J connectivity index is 1.23. The highest BCUT2D eigenvalue weighted by atomic mass is 16.4. The van der Waals surface area contributed by atoms with Crippen LogP contribution in [0, 0.1) is 17.8 Å². The lowest BCUT2D eigenvalue weighted by atomic mass is 9.69. The fraction of sp³-hybridized carbons (Fsp3) is 0.448. The van der Waals surface area contributed by atoms with Gasteiger partial charge in [0.2, 0.25) is 11.6 Å². The lowest BCUT2D eigenvalue weighted by Gasteiger charge is -2.35. The number of carbonyl (C=O) groups excluding carboxylic acids is 1. The van der Waals surface area contributed by atoms with Crippen molar-refractivity contribution in [2.45, 2.75) is 64.2 Å². The fourth-order valence-corrected chi connectivity index (χ4v) is 6.08. The normalized spacial score (nSPS) is 21.0. The molecular formula is C29H33N3O3. The Morgan fingerprint density at radius 3 is 2.40 bits per heavy atom. The number of carbonyl (C=O) groups is 2. The summed E-state index contributed by atoms with van der Waals surface area (Å²) >= 11 is 0. The van der Waals surface area contributed by atoms with Crippen molar-refractivity contribution in [2.75, 3.05) is 0 Å². The molecule has 2 saturated carbocycles. The van der Waals surface area contributed by atoms with E-state index in [4.69, 9.17) is 0 Å². The molecule has 0 radical (unpaired) electrons. The summed E-state index contributed by atoms with van der Waals surface area (Å²) in [6.45, 7) is 0. The molecule has 182 valence electrons. The summed E-state index contributed by atoms with van der Waals surface area (Å²) in [6.07, 6.45) is 11.6. The molecule has 6 heteroatoms. The second-order valence-electron chi connectivity index (χ2n) is 10.2. The topological polar surface area (TPSA) is 95.9 Å². The Bertz CT molecular complexity index is 1180. The van der Waals surface area contributed by atoms with Gasteiger partial charge in [-0.1, -0.05) is 87.4 Å². The van der Waals surface area contributed by atoms with Gasteiger partial charge in [0.1, 0.15) is 5.82 Å². The highest BCUT2D eigenvalue weighted by Crippen LogP contribution is 2.41. The third-order valence-corrected chi connectivity index (χ3v) is 7.95. The minimum absolute atomic E-state index is 0.0490. The van der Waals surface area contributed by atoms with Crippen molar-refractivity contribution in [3.63, 3.8) is 0 Å². The van der Waals surface area contributed by atoms with Gasteiger partial charge in [-0.3, -0.25) is 9.89 Å². The van der Waals surface area contributed by atoms with Crippen molar-refractivity contribution in [3.8, 4) is 11.1 Å². The summed E-state index contributed by atoms with van der Waals surface area (Å²) in [5.74, 6) is 1.68. The first kappa shape index (κ1) is 23.5. The summed E-state index contributed by atoms with van der Waals surface area (Å²) in [5.41, 5.74) is 2.85. The number of nitrogens with zero attached hydrogens (tertiary/aromatic N) is 2. The van der Waals surface area contributed by atoms with E-state index in [1.54, 1.807) is 12.1 Å². The van der Waals surface area contributed by atoms with Crippen molar-refractivity contribution in [1.82, 2.24) is 15.2 Å². The zero-order valence-electron chi connectivity index (χ0n) is 20.1. The number of hydrogen-bond donors (Lipinski definition) is 2. The molecule has 2 N–H and O–H groups in total. The average Bonchev–Trinajstić information content (AvgIpc) is 3.37. The highest BCUT2D eigenvalue weighted by molar-refractivity contribution is 5.96. The summed E-state index contributed by atoms with van der Waals surface area (Å²) in [7, 11) is 0. The van der Waals surface area contributed by atoms with Gasteiger partial charge in [0.15, 0.2) is 0 Å². The maximum absolute atomic E-state index is 13.2. The minimum Gasteiger partial charge on any atom is -0.478 e. The molecule has 6 nitrogen and oxygen atoms in total. The number of rotatable bonds is 7. The Labute approximate surface area is 206 Å². The number of aromatic amines is 1. The van der Waals surface area contributed by atoms with Crippen molar-refractivity contribution in [1.29, 1.82) is 0 Å². The predicted octanol–water partition coefficient (Wildman–Crippen LogP) is 6.33. The number of hydrogen-bond acceptors (Lipinski definition) is 4. The molecule has 2 aromatic carbocycles. The summed E-state index contributed by atoms with van der Waals surface area (Å²) < 4.78 is 0. The molecule has 1 heterocycles. The van der Waals surface area contributed by atoms with Crippen molar-refractivity contribution >= 4 is 11.8 Å². The Morgan fingerprint density at radius 1 is 0.886 bits per heavy atom. The second-order valence-corrected chi connectivity index (χ2v) is 10.2. The van der Waals surface area contributed by atoms with Crippen LogP contribution in [0.2, 0.25) is 0 Å². The highest BCUT2D eigenvalue weighted by Gasteiger charge is 2.34. The van der Waals surface area contributed by atoms with E-state index in [0.29, 0.717) is 29.6 Å². The molecule has 0 spiro atoms.